The Morgan fingerprint density at radius 2 is 2.08 bits per heavy atom. The van der Waals surface area contributed by atoms with Crippen LogP contribution in [0.1, 0.15) is 6.92 Å². The average molecular weight is 166 g/mol. The SMILES string of the molecule is CC(=O)O.COc1cc2ccc1-2. The first-order chi connectivity index (χ1) is 5.65. The Bertz CT molecular complexity index is 301. The van der Waals surface area contributed by atoms with E-state index >= 15 is 0 Å². The molecule has 0 amide bonds. The average Bonchev–Trinajstić information content (AvgIpc) is 1.94. The number of hydrogen-bond acceptors (Lipinski definition) is 2. The summed E-state index contributed by atoms with van der Waals surface area (Å²) in [5.41, 5.74) is 2.62. The number of carbonyl (C=O) groups is 1. The van der Waals surface area contributed by atoms with Gasteiger partial charge in [0.2, 0.25) is 0 Å². The Morgan fingerprint density at radius 1 is 1.50 bits per heavy atom. The van der Waals surface area contributed by atoms with Crippen LogP contribution in [0.4, 0.5) is 0 Å². The molecule has 0 spiro atoms. The molecular formula is C9H10O3. The summed E-state index contributed by atoms with van der Waals surface area (Å²) in [6.45, 7) is 1.08. The number of fused-ring (bicyclic) bond motifs is 1. The van der Waals surface area contributed by atoms with Crippen molar-refractivity contribution in [3.05, 3.63) is 18.2 Å². The normalized spacial score (nSPS) is 9.50. The fourth-order valence-corrected chi connectivity index (χ4v) is 0.923. The monoisotopic (exact) mass is 166 g/mol. The van der Waals surface area contributed by atoms with Crippen molar-refractivity contribution < 1.29 is 14.6 Å². The van der Waals surface area contributed by atoms with Gasteiger partial charge in [-0.25, -0.2) is 0 Å². The zero-order chi connectivity index (χ0) is 9.14. The van der Waals surface area contributed by atoms with Gasteiger partial charge < -0.3 is 9.84 Å². The van der Waals surface area contributed by atoms with Crippen LogP contribution in [-0.2, 0) is 4.79 Å². The zero-order valence-electron chi connectivity index (χ0n) is 7.00. The fraction of sp³-hybridized carbons (Fsp3) is 0.222. The maximum Gasteiger partial charge on any atom is 0.300 e. The van der Waals surface area contributed by atoms with E-state index in [0.717, 1.165) is 12.7 Å². The van der Waals surface area contributed by atoms with E-state index in [4.69, 9.17) is 14.6 Å². The third-order valence-corrected chi connectivity index (χ3v) is 1.51. The summed E-state index contributed by atoms with van der Waals surface area (Å²) in [6.07, 6.45) is 0. The summed E-state index contributed by atoms with van der Waals surface area (Å²) in [7, 11) is 1.70. The number of aliphatic carboxylic acids is 1. The lowest BCUT2D eigenvalue weighted by Crippen LogP contribution is -1.96. The molecule has 0 unspecified atom stereocenters. The number of hydrogen-bond donors (Lipinski definition) is 1. The van der Waals surface area contributed by atoms with Crippen LogP contribution >= 0.6 is 0 Å². The van der Waals surface area contributed by atoms with Gasteiger partial charge in [0.15, 0.2) is 0 Å². The number of rotatable bonds is 1. The van der Waals surface area contributed by atoms with Crippen LogP contribution in [0.15, 0.2) is 18.2 Å². The lowest BCUT2D eigenvalue weighted by Gasteiger charge is -2.18. The van der Waals surface area contributed by atoms with Crippen molar-refractivity contribution in [1.82, 2.24) is 0 Å². The fourth-order valence-electron chi connectivity index (χ4n) is 0.923. The Kier molecular flexibility index (Phi) is 2.33. The topological polar surface area (TPSA) is 46.5 Å². The molecule has 0 saturated heterocycles. The second-order valence-corrected chi connectivity index (χ2v) is 2.43. The summed E-state index contributed by atoms with van der Waals surface area (Å²) in [4.78, 5) is 9.00. The van der Waals surface area contributed by atoms with Crippen LogP contribution in [0.5, 0.6) is 5.75 Å². The molecule has 2 rings (SSSR count). The predicted octanol–water partition coefficient (Wildman–Crippen LogP) is 1.77. The molecule has 64 valence electrons. The summed E-state index contributed by atoms with van der Waals surface area (Å²) in [6, 6.07) is 6.18. The first-order valence-electron chi connectivity index (χ1n) is 3.53. The van der Waals surface area contributed by atoms with Gasteiger partial charge in [-0.3, -0.25) is 4.79 Å². The third kappa shape index (κ3) is 1.56. The number of methoxy groups -OCH3 is 1. The minimum absolute atomic E-state index is 0.833. The molecule has 2 aliphatic rings. The Labute approximate surface area is 70.6 Å². The minimum Gasteiger partial charge on any atom is -0.496 e. The van der Waals surface area contributed by atoms with Crippen molar-refractivity contribution in [2.75, 3.05) is 7.11 Å². The van der Waals surface area contributed by atoms with Crippen LogP contribution in [0.2, 0.25) is 0 Å². The van der Waals surface area contributed by atoms with E-state index in [1.54, 1.807) is 7.11 Å². The lowest BCUT2D eigenvalue weighted by atomic mass is 9.92. The minimum atomic E-state index is -0.833. The van der Waals surface area contributed by atoms with Crippen molar-refractivity contribution in [2.45, 2.75) is 6.92 Å². The third-order valence-electron chi connectivity index (χ3n) is 1.51. The predicted molar refractivity (Wildman–Crippen MR) is 45.3 cm³/mol. The van der Waals surface area contributed by atoms with Gasteiger partial charge in [-0.1, -0.05) is 12.1 Å². The van der Waals surface area contributed by atoms with Gasteiger partial charge in [0.25, 0.3) is 5.97 Å². The second kappa shape index (κ2) is 3.26. The van der Waals surface area contributed by atoms with E-state index in [1.165, 1.54) is 11.1 Å². The van der Waals surface area contributed by atoms with E-state index < -0.39 is 5.97 Å². The van der Waals surface area contributed by atoms with E-state index in [9.17, 15) is 0 Å². The lowest BCUT2D eigenvalue weighted by molar-refractivity contribution is -0.134. The molecule has 12 heavy (non-hydrogen) atoms. The van der Waals surface area contributed by atoms with Crippen LogP contribution < -0.4 is 4.74 Å². The van der Waals surface area contributed by atoms with E-state index in [-0.39, 0.29) is 0 Å². The molecule has 0 aromatic heterocycles. The van der Waals surface area contributed by atoms with Crippen molar-refractivity contribution in [3.63, 3.8) is 0 Å². The van der Waals surface area contributed by atoms with Crippen LogP contribution in [0, 0.1) is 0 Å². The van der Waals surface area contributed by atoms with Crippen molar-refractivity contribution >= 4 is 5.97 Å². The highest BCUT2D eigenvalue weighted by molar-refractivity contribution is 5.84. The highest BCUT2D eigenvalue weighted by Crippen LogP contribution is 2.42. The smallest absolute Gasteiger partial charge is 0.300 e. The number of benzene rings is 1. The molecule has 3 nitrogen and oxygen atoms in total. The van der Waals surface area contributed by atoms with Crippen LogP contribution in [0.25, 0.3) is 11.1 Å². The largest absolute Gasteiger partial charge is 0.496 e. The zero-order valence-corrected chi connectivity index (χ0v) is 7.00. The molecule has 3 heteroatoms. The van der Waals surface area contributed by atoms with Gasteiger partial charge in [0, 0.05) is 12.5 Å². The molecule has 0 aromatic rings. The maximum absolute atomic E-state index is 9.00. The van der Waals surface area contributed by atoms with Gasteiger partial charge in [-0.05, 0) is 11.6 Å². The Balaban J connectivity index is 0.000000157. The van der Waals surface area contributed by atoms with Crippen molar-refractivity contribution in [2.24, 2.45) is 0 Å². The Hall–Kier alpha value is -1.51. The van der Waals surface area contributed by atoms with Crippen LogP contribution in [0.3, 0.4) is 0 Å². The molecule has 0 fully saturated rings. The molecule has 0 heterocycles. The first-order valence-corrected chi connectivity index (χ1v) is 3.53. The standard InChI is InChI=1S/C7H6O.C2H4O2/c1-8-7-4-5-2-3-6(5)7;1-2(3)4/h2-4H,1H3;1H3,(H,3,4). The Morgan fingerprint density at radius 3 is 2.17 bits per heavy atom. The second-order valence-electron chi connectivity index (χ2n) is 2.43. The number of carboxylic acids is 1. The molecule has 2 aliphatic carbocycles. The highest BCUT2D eigenvalue weighted by Gasteiger charge is 2.15. The molecule has 0 radical (unpaired) electrons. The van der Waals surface area contributed by atoms with E-state index in [2.05, 4.69) is 12.1 Å². The van der Waals surface area contributed by atoms with Crippen molar-refractivity contribution in [1.29, 1.82) is 0 Å². The van der Waals surface area contributed by atoms with Gasteiger partial charge in [-0.2, -0.15) is 0 Å². The van der Waals surface area contributed by atoms with E-state index in [1.807, 2.05) is 6.07 Å². The molecule has 0 atom stereocenters. The summed E-state index contributed by atoms with van der Waals surface area (Å²) in [5.74, 6) is 0.197. The van der Waals surface area contributed by atoms with Crippen molar-refractivity contribution in [3.8, 4) is 16.9 Å². The van der Waals surface area contributed by atoms with Gasteiger partial charge in [0.1, 0.15) is 5.75 Å². The number of carboxylic acid groups (broad SMARTS) is 1. The van der Waals surface area contributed by atoms with Gasteiger partial charge in [-0.15, -0.1) is 0 Å². The molecule has 0 saturated carbocycles. The summed E-state index contributed by atoms with van der Waals surface area (Å²) in [5, 5.41) is 7.42. The molecule has 0 bridgehead atoms. The summed E-state index contributed by atoms with van der Waals surface area (Å²) >= 11 is 0. The maximum atomic E-state index is 9.00. The molecule has 1 N–H and O–H groups in total. The molecule has 0 aromatic carbocycles. The molecular weight excluding hydrogens is 156 g/mol. The van der Waals surface area contributed by atoms with Gasteiger partial charge >= 0.3 is 0 Å². The number of ether oxygens (including phenoxy) is 1. The summed E-state index contributed by atoms with van der Waals surface area (Å²) < 4.78 is 4.97. The quantitative estimate of drug-likeness (QED) is 0.702. The molecule has 0 aliphatic heterocycles. The van der Waals surface area contributed by atoms with E-state index in [0.29, 0.717) is 0 Å². The van der Waals surface area contributed by atoms with Gasteiger partial charge in [0.05, 0.1) is 7.11 Å². The van der Waals surface area contributed by atoms with Crippen LogP contribution in [-0.4, -0.2) is 18.2 Å². The first kappa shape index (κ1) is 8.59. The highest BCUT2D eigenvalue weighted by atomic mass is 16.5.